The third kappa shape index (κ3) is 3.34. The SMILES string of the molecule is Cc1cccc(C(=O)N2CC(Oc3ncccc3C(F)(F)F)C2)c1. The van der Waals surface area contributed by atoms with Crippen LogP contribution in [0.3, 0.4) is 0 Å². The second-order valence-corrected chi connectivity index (χ2v) is 5.67. The fraction of sp³-hybridized carbons (Fsp3) is 0.294. The molecule has 1 amide bonds. The first-order chi connectivity index (χ1) is 11.3. The van der Waals surface area contributed by atoms with Gasteiger partial charge in [-0.3, -0.25) is 4.79 Å². The molecular formula is C17H15F3N2O2. The monoisotopic (exact) mass is 336 g/mol. The highest BCUT2D eigenvalue weighted by Gasteiger charge is 2.38. The van der Waals surface area contributed by atoms with Crippen molar-refractivity contribution >= 4 is 5.91 Å². The number of benzene rings is 1. The van der Waals surface area contributed by atoms with Gasteiger partial charge in [-0.05, 0) is 31.2 Å². The van der Waals surface area contributed by atoms with Crippen LogP contribution in [0.25, 0.3) is 0 Å². The zero-order chi connectivity index (χ0) is 17.3. The molecule has 0 unspecified atom stereocenters. The van der Waals surface area contributed by atoms with Crippen molar-refractivity contribution in [2.75, 3.05) is 13.1 Å². The number of hydrogen-bond acceptors (Lipinski definition) is 3. The minimum atomic E-state index is -4.52. The average molecular weight is 336 g/mol. The zero-order valence-electron chi connectivity index (χ0n) is 12.9. The van der Waals surface area contributed by atoms with Crippen molar-refractivity contribution in [1.82, 2.24) is 9.88 Å². The Labute approximate surface area is 136 Å². The van der Waals surface area contributed by atoms with E-state index >= 15 is 0 Å². The quantitative estimate of drug-likeness (QED) is 0.864. The summed E-state index contributed by atoms with van der Waals surface area (Å²) in [5.41, 5.74) is 0.619. The number of likely N-dealkylation sites (tertiary alicyclic amines) is 1. The largest absolute Gasteiger partial charge is 0.470 e. The number of ether oxygens (including phenoxy) is 1. The molecule has 1 aromatic carbocycles. The van der Waals surface area contributed by atoms with Gasteiger partial charge in [-0.15, -0.1) is 0 Å². The summed E-state index contributed by atoms with van der Waals surface area (Å²) in [5, 5.41) is 0. The number of aryl methyl sites for hydroxylation is 1. The lowest BCUT2D eigenvalue weighted by Crippen LogP contribution is -2.56. The molecule has 1 aliphatic rings. The van der Waals surface area contributed by atoms with Crippen LogP contribution in [-0.2, 0) is 6.18 Å². The summed E-state index contributed by atoms with van der Waals surface area (Å²) in [6.07, 6.45) is -3.77. The molecule has 7 heteroatoms. The molecule has 24 heavy (non-hydrogen) atoms. The Balaban J connectivity index is 1.63. The molecule has 1 saturated heterocycles. The van der Waals surface area contributed by atoms with Crippen molar-refractivity contribution in [1.29, 1.82) is 0 Å². The normalized spacial score (nSPS) is 15.1. The number of rotatable bonds is 3. The van der Waals surface area contributed by atoms with Gasteiger partial charge in [0, 0.05) is 11.8 Å². The van der Waals surface area contributed by atoms with Crippen LogP contribution in [0, 0.1) is 6.92 Å². The van der Waals surface area contributed by atoms with Gasteiger partial charge in [-0.1, -0.05) is 17.7 Å². The maximum Gasteiger partial charge on any atom is 0.421 e. The molecule has 2 heterocycles. The van der Waals surface area contributed by atoms with Crippen LogP contribution in [0.1, 0.15) is 21.5 Å². The average Bonchev–Trinajstić information content (AvgIpc) is 2.49. The molecule has 0 aliphatic carbocycles. The molecule has 0 spiro atoms. The molecule has 0 radical (unpaired) electrons. The van der Waals surface area contributed by atoms with Crippen LogP contribution in [0.5, 0.6) is 5.88 Å². The highest BCUT2D eigenvalue weighted by molar-refractivity contribution is 5.95. The Morgan fingerprint density at radius 2 is 2.00 bits per heavy atom. The minimum absolute atomic E-state index is 0.157. The van der Waals surface area contributed by atoms with Crippen LogP contribution in [0.2, 0.25) is 0 Å². The molecule has 3 rings (SSSR count). The van der Waals surface area contributed by atoms with E-state index in [1.807, 2.05) is 13.0 Å². The summed E-state index contributed by atoms with van der Waals surface area (Å²) in [6.45, 7) is 2.36. The summed E-state index contributed by atoms with van der Waals surface area (Å²) in [5.74, 6) is -0.603. The van der Waals surface area contributed by atoms with E-state index in [1.54, 1.807) is 18.2 Å². The van der Waals surface area contributed by atoms with Crippen molar-refractivity contribution in [3.8, 4) is 5.88 Å². The van der Waals surface area contributed by atoms with E-state index < -0.39 is 23.7 Å². The molecule has 0 saturated carbocycles. The van der Waals surface area contributed by atoms with E-state index in [4.69, 9.17) is 4.74 Å². The molecule has 0 bridgehead atoms. The van der Waals surface area contributed by atoms with Crippen LogP contribution in [0.15, 0.2) is 42.6 Å². The van der Waals surface area contributed by atoms with E-state index in [-0.39, 0.29) is 19.0 Å². The van der Waals surface area contributed by atoms with Crippen molar-refractivity contribution in [3.05, 3.63) is 59.3 Å². The molecule has 0 atom stereocenters. The number of aromatic nitrogens is 1. The number of alkyl halides is 3. The van der Waals surface area contributed by atoms with E-state index in [2.05, 4.69) is 4.98 Å². The van der Waals surface area contributed by atoms with Gasteiger partial charge < -0.3 is 9.64 Å². The third-order valence-electron chi connectivity index (χ3n) is 3.76. The standard InChI is InChI=1S/C17H15F3N2O2/c1-11-4-2-5-12(8-11)16(23)22-9-13(10-22)24-15-14(17(18,19)20)6-3-7-21-15/h2-8,13H,9-10H2,1H3. The van der Waals surface area contributed by atoms with Crippen LogP contribution in [0.4, 0.5) is 13.2 Å². The number of pyridine rings is 1. The van der Waals surface area contributed by atoms with Gasteiger partial charge in [0.2, 0.25) is 5.88 Å². The molecular weight excluding hydrogens is 321 g/mol. The lowest BCUT2D eigenvalue weighted by Gasteiger charge is -2.39. The Morgan fingerprint density at radius 1 is 1.25 bits per heavy atom. The van der Waals surface area contributed by atoms with E-state index in [9.17, 15) is 18.0 Å². The minimum Gasteiger partial charge on any atom is -0.470 e. The first-order valence-electron chi connectivity index (χ1n) is 7.39. The van der Waals surface area contributed by atoms with E-state index in [0.29, 0.717) is 5.56 Å². The molecule has 1 fully saturated rings. The fourth-order valence-electron chi connectivity index (χ4n) is 2.50. The molecule has 0 N–H and O–H groups in total. The third-order valence-corrected chi connectivity index (χ3v) is 3.76. The predicted octanol–water partition coefficient (Wildman–Crippen LogP) is 3.31. The number of halogens is 3. The lowest BCUT2D eigenvalue weighted by molar-refractivity contribution is -0.140. The second-order valence-electron chi connectivity index (χ2n) is 5.67. The summed E-state index contributed by atoms with van der Waals surface area (Å²) in [6, 6.07) is 9.31. The first kappa shape index (κ1) is 16.3. The van der Waals surface area contributed by atoms with Gasteiger partial charge in [0.25, 0.3) is 5.91 Å². The summed E-state index contributed by atoms with van der Waals surface area (Å²) >= 11 is 0. The van der Waals surface area contributed by atoms with Crippen molar-refractivity contribution in [3.63, 3.8) is 0 Å². The predicted molar refractivity (Wildman–Crippen MR) is 80.7 cm³/mol. The van der Waals surface area contributed by atoms with Crippen molar-refractivity contribution in [2.24, 2.45) is 0 Å². The molecule has 1 aromatic heterocycles. The number of carbonyl (C=O) groups is 1. The van der Waals surface area contributed by atoms with Gasteiger partial charge in [0.1, 0.15) is 11.7 Å². The van der Waals surface area contributed by atoms with Crippen LogP contribution in [-0.4, -0.2) is 35.0 Å². The Hall–Kier alpha value is -2.57. The van der Waals surface area contributed by atoms with Crippen molar-refractivity contribution < 1.29 is 22.7 Å². The smallest absolute Gasteiger partial charge is 0.421 e. The van der Waals surface area contributed by atoms with Crippen LogP contribution < -0.4 is 4.74 Å². The van der Waals surface area contributed by atoms with Crippen molar-refractivity contribution in [2.45, 2.75) is 19.2 Å². The topological polar surface area (TPSA) is 42.4 Å². The Morgan fingerprint density at radius 3 is 2.67 bits per heavy atom. The number of nitrogens with zero attached hydrogens (tertiary/aromatic N) is 2. The zero-order valence-corrected chi connectivity index (χ0v) is 12.9. The fourth-order valence-corrected chi connectivity index (χ4v) is 2.50. The second kappa shape index (κ2) is 6.14. The molecule has 126 valence electrons. The summed E-state index contributed by atoms with van der Waals surface area (Å²) < 4.78 is 44.0. The summed E-state index contributed by atoms with van der Waals surface area (Å²) in [7, 11) is 0. The lowest BCUT2D eigenvalue weighted by atomic mass is 10.1. The number of amides is 1. The van der Waals surface area contributed by atoms with E-state index in [1.165, 1.54) is 17.2 Å². The maximum absolute atomic E-state index is 12.9. The Kier molecular flexibility index (Phi) is 4.17. The van der Waals surface area contributed by atoms with Crippen LogP contribution >= 0.6 is 0 Å². The van der Waals surface area contributed by atoms with Gasteiger partial charge in [-0.25, -0.2) is 4.98 Å². The highest BCUT2D eigenvalue weighted by atomic mass is 19.4. The summed E-state index contributed by atoms with van der Waals surface area (Å²) in [4.78, 5) is 17.5. The molecule has 1 aliphatic heterocycles. The maximum atomic E-state index is 12.9. The number of carbonyl (C=O) groups excluding carboxylic acids is 1. The number of hydrogen-bond donors (Lipinski definition) is 0. The van der Waals surface area contributed by atoms with Gasteiger partial charge >= 0.3 is 6.18 Å². The molecule has 4 nitrogen and oxygen atoms in total. The van der Waals surface area contributed by atoms with Gasteiger partial charge in [-0.2, -0.15) is 13.2 Å². The highest BCUT2D eigenvalue weighted by Crippen LogP contribution is 2.35. The van der Waals surface area contributed by atoms with E-state index in [0.717, 1.165) is 11.6 Å². The molecule has 2 aromatic rings. The van der Waals surface area contributed by atoms with Gasteiger partial charge in [0.15, 0.2) is 0 Å². The Bertz CT molecular complexity index is 755. The van der Waals surface area contributed by atoms with Gasteiger partial charge in [0.05, 0.1) is 13.1 Å². The first-order valence-corrected chi connectivity index (χ1v) is 7.39.